The Kier molecular flexibility index (Phi) is 7.00. The molecule has 0 N–H and O–H groups in total. The zero-order valence-electron chi connectivity index (χ0n) is 17.3. The van der Waals surface area contributed by atoms with Gasteiger partial charge in [0.05, 0.1) is 0 Å². The second-order valence-electron chi connectivity index (χ2n) is 8.14. The lowest BCUT2D eigenvalue weighted by molar-refractivity contribution is -0.110. The van der Waals surface area contributed by atoms with Gasteiger partial charge in [-0.15, -0.1) is 0 Å². The van der Waals surface area contributed by atoms with Gasteiger partial charge in [-0.05, 0) is 36.7 Å². The molecule has 1 aromatic carbocycles. The summed E-state index contributed by atoms with van der Waals surface area (Å²) in [5, 5.41) is 0. The minimum atomic E-state index is -0.494. The monoisotopic (exact) mass is 386 g/mol. The van der Waals surface area contributed by atoms with Crippen molar-refractivity contribution >= 4 is 6.09 Å². The fourth-order valence-corrected chi connectivity index (χ4v) is 4.51. The smallest absolute Gasteiger partial charge is 0.414 e. The summed E-state index contributed by atoms with van der Waals surface area (Å²) in [5.74, 6) is 0.263. The number of likely N-dealkylation sites (tertiary alicyclic amines) is 1. The van der Waals surface area contributed by atoms with Crippen molar-refractivity contribution in [1.29, 1.82) is 0 Å². The van der Waals surface area contributed by atoms with Gasteiger partial charge in [-0.3, -0.25) is 4.90 Å². The molecular weight excluding hydrogens is 354 g/mol. The van der Waals surface area contributed by atoms with Gasteiger partial charge >= 0.3 is 6.09 Å². The van der Waals surface area contributed by atoms with Gasteiger partial charge in [0.15, 0.2) is 0 Å². The number of nitrogens with zero attached hydrogens (tertiary/aromatic N) is 1. The molecule has 5 nitrogen and oxygen atoms in total. The molecule has 1 aromatic rings. The summed E-state index contributed by atoms with van der Waals surface area (Å²) < 4.78 is 17.0. The molecule has 1 saturated heterocycles. The van der Waals surface area contributed by atoms with E-state index in [2.05, 4.69) is 38.1 Å². The van der Waals surface area contributed by atoms with Crippen molar-refractivity contribution < 1.29 is 19.0 Å². The van der Waals surface area contributed by atoms with Crippen LogP contribution in [0.5, 0.6) is 0 Å². The molecule has 1 saturated carbocycles. The van der Waals surface area contributed by atoms with E-state index in [1.54, 1.807) is 14.2 Å². The van der Waals surface area contributed by atoms with Crippen molar-refractivity contribution in [2.45, 2.75) is 63.5 Å². The lowest BCUT2D eigenvalue weighted by Gasteiger charge is -2.44. The van der Waals surface area contributed by atoms with Gasteiger partial charge in [0.25, 0.3) is 0 Å². The van der Waals surface area contributed by atoms with Gasteiger partial charge in [0.1, 0.15) is 18.6 Å². The first-order chi connectivity index (χ1) is 13.5. The topological polar surface area (TPSA) is 48.0 Å². The van der Waals surface area contributed by atoms with Crippen LogP contribution in [0.1, 0.15) is 45.1 Å². The van der Waals surface area contributed by atoms with Crippen molar-refractivity contribution in [1.82, 2.24) is 4.90 Å². The molecule has 1 amide bonds. The average molecular weight is 387 g/mol. The van der Waals surface area contributed by atoms with Gasteiger partial charge in [-0.1, -0.05) is 50.6 Å². The van der Waals surface area contributed by atoms with Crippen molar-refractivity contribution in [3.8, 4) is 0 Å². The maximum absolute atomic E-state index is 13.1. The maximum atomic E-state index is 13.1. The summed E-state index contributed by atoms with van der Waals surface area (Å²) in [5.41, 5.74) is 1.20. The largest absolute Gasteiger partial charge is 0.446 e. The summed E-state index contributed by atoms with van der Waals surface area (Å²) in [6.07, 6.45) is 8.17. The summed E-state index contributed by atoms with van der Waals surface area (Å²) in [4.78, 5) is 14.6. The number of hydrogen-bond acceptors (Lipinski definition) is 4. The van der Waals surface area contributed by atoms with Crippen LogP contribution in [0.2, 0.25) is 0 Å². The quantitative estimate of drug-likeness (QED) is 0.746. The SMILES string of the molecule is CO[C@H]1[CH][CH][CH][C@@H](OC)N1C(=O)O[C@@H]1CCCC[C@H]1C(C)(C)c1ccccc1. The molecule has 0 unspecified atom stereocenters. The molecule has 0 spiro atoms. The molecule has 1 aliphatic carbocycles. The Hall–Kier alpha value is -1.59. The van der Waals surface area contributed by atoms with Crippen LogP contribution in [-0.2, 0) is 19.6 Å². The Morgan fingerprint density at radius 3 is 2.21 bits per heavy atom. The van der Waals surface area contributed by atoms with E-state index in [1.807, 2.05) is 25.3 Å². The molecule has 1 aliphatic heterocycles. The van der Waals surface area contributed by atoms with Crippen LogP contribution in [0.4, 0.5) is 4.79 Å². The van der Waals surface area contributed by atoms with Gasteiger partial charge in [0.2, 0.25) is 0 Å². The van der Waals surface area contributed by atoms with Crippen LogP contribution < -0.4 is 0 Å². The lowest BCUT2D eigenvalue weighted by atomic mass is 9.66. The third-order valence-corrected chi connectivity index (χ3v) is 6.19. The second kappa shape index (κ2) is 9.27. The van der Waals surface area contributed by atoms with Crippen LogP contribution in [-0.4, -0.2) is 43.8 Å². The molecule has 1 heterocycles. The molecule has 153 valence electrons. The molecule has 2 aliphatic rings. The van der Waals surface area contributed by atoms with Gasteiger partial charge in [-0.25, -0.2) is 4.79 Å². The van der Waals surface area contributed by atoms with E-state index in [-0.39, 0.29) is 23.5 Å². The number of amides is 1. The van der Waals surface area contributed by atoms with E-state index in [9.17, 15) is 4.79 Å². The van der Waals surface area contributed by atoms with E-state index in [0.717, 1.165) is 25.7 Å². The highest BCUT2D eigenvalue weighted by molar-refractivity contribution is 5.69. The van der Waals surface area contributed by atoms with Crippen LogP contribution in [0.15, 0.2) is 30.3 Å². The van der Waals surface area contributed by atoms with Crippen LogP contribution in [0, 0.1) is 25.2 Å². The van der Waals surface area contributed by atoms with E-state index < -0.39 is 12.5 Å². The number of methoxy groups -OCH3 is 2. The predicted molar refractivity (Wildman–Crippen MR) is 108 cm³/mol. The van der Waals surface area contributed by atoms with E-state index >= 15 is 0 Å². The highest BCUT2D eigenvalue weighted by Crippen LogP contribution is 2.42. The number of carbonyl (C=O) groups is 1. The number of benzene rings is 1. The molecule has 2 fully saturated rings. The third kappa shape index (κ3) is 4.36. The van der Waals surface area contributed by atoms with Crippen LogP contribution in [0.3, 0.4) is 0 Å². The highest BCUT2D eigenvalue weighted by Gasteiger charge is 2.43. The van der Waals surface area contributed by atoms with Crippen molar-refractivity contribution in [3.63, 3.8) is 0 Å². The number of hydrogen-bond donors (Lipinski definition) is 0. The molecule has 3 rings (SSSR count). The summed E-state index contributed by atoms with van der Waals surface area (Å²) in [7, 11) is 3.16. The van der Waals surface area contributed by atoms with Gasteiger partial charge < -0.3 is 14.2 Å². The van der Waals surface area contributed by atoms with Crippen LogP contribution >= 0.6 is 0 Å². The molecule has 5 heteroatoms. The summed E-state index contributed by atoms with van der Waals surface area (Å²) >= 11 is 0. The molecule has 4 atom stereocenters. The number of carbonyl (C=O) groups excluding carboxylic acids is 1. The molecule has 3 radical (unpaired) electrons. The zero-order chi connectivity index (χ0) is 20.1. The highest BCUT2D eigenvalue weighted by atomic mass is 16.6. The first-order valence-corrected chi connectivity index (χ1v) is 10.1. The Balaban J connectivity index is 1.77. The molecule has 0 bridgehead atoms. The fraction of sp³-hybridized carbons (Fsp3) is 0.565. The normalized spacial score (nSPS) is 28.8. The molecule has 0 aromatic heterocycles. The Morgan fingerprint density at radius 1 is 1.00 bits per heavy atom. The Bertz CT molecular complexity index is 621. The lowest BCUT2D eigenvalue weighted by Crippen LogP contribution is -2.54. The standard InChI is InChI=1S/C23H32NO4/c1-23(2,17-11-6-5-7-12-17)18-13-8-9-14-19(18)28-22(25)24-20(26-3)15-10-16-21(24)27-4/h5-7,10-12,15-16,18-21H,8-9,13-14H2,1-4H3/t18-,19-,20-,21+/m1/s1. The van der Waals surface area contributed by atoms with Crippen molar-refractivity contribution in [3.05, 3.63) is 55.2 Å². The van der Waals surface area contributed by atoms with Crippen molar-refractivity contribution in [2.24, 2.45) is 5.92 Å². The van der Waals surface area contributed by atoms with E-state index in [4.69, 9.17) is 14.2 Å². The Labute approximate surface area is 169 Å². The summed E-state index contributed by atoms with van der Waals surface area (Å²) in [6, 6.07) is 10.5. The number of ether oxygens (including phenoxy) is 3. The van der Waals surface area contributed by atoms with Gasteiger partial charge in [-0.2, -0.15) is 0 Å². The minimum Gasteiger partial charge on any atom is -0.446 e. The molecule has 28 heavy (non-hydrogen) atoms. The minimum absolute atomic E-state index is 0.0815. The average Bonchev–Trinajstić information content (AvgIpc) is 2.73. The maximum Gasteiger partial charge on any atom is 0.414 e. The number of rotatable bonds is 5. The Morgan fingerprint density at radius 2 is 1.61 bits per heavy atom. The van der Waals surface area contributed by atoms with Crippen molar-refractivity contribution in [2.75, 3.05) is 14.2 Å². The summed E-state index contributed by atoms with van der Waals surface area (Å²) in [6.45, 7) is 4.51. The van der Waals surface area contributed by atoms with E-state index in [1.165, 1.54) is 10.5 Å². The predicted octanol–water partition coefficient (Wildman–Crippen LogP) is 4.53. The first-order valence-electron chi connectivity index (χ1n) is 10.1. The molecular formula is C23H32NO4. The first kappa shape index (κ1) is 21.1. The third-order valence-electron chi connectivity index (χ3n) is 6.19. The van der Waals surface area contributed by atoms with E-state index in [0.29, 0.717) is 0 Å². The van der Waals surface area contributed by atoms with Gasteiger partial charge in [0, 0.05) is 33.0 Å². The number of piperidine rings is 1. The fourth-order valence-electron chi connectivity index (χ4n) is 4.51. The van der Waals surface area contributed by atoms with Crippen LogP contribution in [0.25, 0.3) is 0 Å². The zero-order valence-corrected chi connectivity index (χ0v) is 17.3. The second-order valence-corrected chi connectivity index (χ2v) is 8.14.